The van der Waals surface area contributed by atoms with Crippen LogP contribution in [-0.4, -0.2) is 0 Å². The molecule has 0 N–H and O–H groups in total. The average molecular weight is 294 g/mol. The Morgan fingerprint density at radius 3 is 1.69 bits per heavy atom. The maximum absolute atomic E-state index is 5.62. The summed E-state index contributed by atoms with van der Waals surface area (Å²) in [5.74, 6) is 3.81. The van der Waals surface area contributed by atoms with Crippen LogP contribution in [0, 0.1) is 30.3 Å². The van der Waals surface area contributed by atoms with Gasteiger partial charge in [-0.15, -0.1) is 0 Å². The van der Waals surface area contributed by atoms with Crippen molar-refractivity contribution in [3.8, 4) is 0 Å². The van der Waals surface area contributed by atoms with Crippen LogP contribution in [0.4, 0.5) is 0 Å². The zero-order chi connectivity index (χ0) is 10.7. The molecule has 0 saturated heterocycles. The quantitative estimate of drug-likeness (QED) is 0.653. The van der Waals surface area contributed by atoms with E-state index in [1.54, 1.807) is 0 Å². The minimum atomic E-state index is 0. The predicted molar refractivity (Wildman–Crippen MR) is 65.4 cm³/mol. The van der Waals surface area contributed by atoms with Gasteiger partial charge in [-0.2, -0.15) is 0 Å². The topological polar surface area (TPSA) is 0 Å². The molecule has 0 unspecified atom stereocenters. The van der Waals surface area contributed by atoms with E-state index in [-0.39, 0.29) is 32.7 Å². The molecule has 0 aliphatic heterocycles. The van der Waals surface area contributed by atoms with Gasteiger partial charge >= 0.3 is 0 Å². The van der Waals surface area contributed by atoms with Gasteiger partial charge in [-0.25, -0.2) is 0 Å². The minimum Gasteiger partial charge on any atom is -0.518 e. The van der Waals surface area contributed by atoms with Gasteiger partial charge < -0.3 is 6.58 Å². The Morgan fingerprint density at radius 2 is 1.25 bits per heavy atom. The molecule has 0 spiro atoms. The molecule has 0 atom stereocenters. The van der Waals surface area contributed by atoms with Gasteiger partial charge in [-0.3, -0.25) is 6.08 Å². The average Bonchev–Trinajstić information content (AvgIpc) is 2.30. The molecule has 0 nitrogen and oxygen atoms in total. The minimum absolute atomic E-state index is 0. The molecule has 2 fully saturated rings. The molecule has 0 aromatic carbocycles. The van der Waals surface area contributed by atoms with Gasteiger partial charge in [0.25, 0.3) is 0 Å². The maximum Gasteiger partial charge on any atom is 0 e. The molecule has 1 radical (unpaired) electrons. The van der Waals surface area contributed by atoms with Gasteiger partial charge in [0, 0.05) is 32.7 Å². The Morgan fingerprint density at radius 1 is 0.812 bits per heavy atom. The Bertz CT molecular complexity index is 195. The van der Waals surface area contributed by atoms with Crippen molar-refractivity contribution < 1.29 is 32.7 Å². The summed E-state index contributed by atoms with van der Waals surface area (Å²) in [7, 11) is 0. The van der Waals surface area contributed by atoms with Crippen LogP contribution in [-0.2, 0) is 32.7 Å². The standard InChI is InChI=1S/C15H25.Y/c1-3-13-6-10-15(11-7-13)14-8-4-12(2)5-9-14;/h1,3,12-15H,4-11H2,2H3;/q-1;. The molecular weight excluding hydrogens is 269 g/mol. The smallest absolute Gasteiger partial charge is 0 e. The van der Waals surface area contributed by atoms with Crippen molar-refractivity contribution >= 4 is 0 Å². The van der Waals surface area contributed by atoms with Crippen LogP contribution in [0.15, 0.2) is 6.08 Å². The zero-order valence-corrected chi connectivity index (χ0v) is 13.5. The van der Waals surface area contributed by atoms with Gasteiger partial charge in [0.15, 0.2) is 0 Å². The van der Waals surface area contributed by atoms with Gasteiger partial charge in [-0.1, -0.05) is 25.7 Å². The normalized spacial score (nSPS) is 39.8. The van der Waals surface area contributed by atoms with Gasteiger partial charge in [-0.05, 0) is 56.3 Å². The molecule has 89 valence electrons. The molecule has 2 aliphatic carbocycles. The molecule has 2 rings (SSSR count). The first-order valence-corrected chi connectivity index (χ1v) is 6.84. The Hall–Kier alpha value is 0.844. The second-order valence-electron chi connectivity index (χ2n) is 5.89. The van der Waals surface area contributed by atoms with Crippen molar-refractivity contribution in [2.45, 2.75) is 58.3 Å². The first-order chi connectivity index (χ1) is 7.29. The van der Waals surface area contributed by atoms with Crippen molar-refractivity contribution in [3.05, 3.63) is 12.7 Å². The Balaban J connectivity index is 0.00000128. The van der Waals surface area contributed by atoms with Crippen molar-refractivity contribution in [1.82, 2.24) is 0 Å². The third kappa shape index (κ3) is 3.95. The molecule has 2 saturated carbocycles. The van der Waals surface area contributed by atoms with E-state index in [0.29, 0.717) is 0 Å². The summed E-state index contributed by atoms with van der Waals surface area (Å²) >= 11 is 0. The van der Waals surface area contributed by atoms with Crippen LogP contribution in [0.5, 0.6) is 0 Å². The summed E-state index contributed by atoms with van der Waals surface area (Å²) in [6.45, 7) is 8.03. The molecular formula is C15H25Y-. The maximum atomic E-state index is 5.62. The van der Waals surface area contributed by atoms with E-state index in [9.17, 15) is 0 Å². The van der Waals surface area contributed by atoms with Crippen LogP contribution in [0.1, 0.15) is 58.3 Å². The van der Waals surface area contributed by atoms with Gasteiger partial charge in [0.05, 0.1) is 0 Å². The largest absolute Gasteiger partial charge is 0.518 e. The molecule has 0 amide bonds. The zero-order valence-electron chi connectivity index (χ0n) is 10.7. The van der Waals surface area contributed by atoms with E-state index in [4.69, 9.17) is 6.58 Å². The first-order valence-electron chi connectivity index (χ1n) is 6.84. The number of rotatable bonds is 2. The summed E-state index contributed by atoms with van der Waals surface area (Å²) in [5.41, 5.74) is 0. The number of hydrogen-bond donors (Lipinski definition) is 0. The summed E-state index contributed by atoms with van der Waals surface area (Å²) in [5, 5.41) is 0. The van der Waals surface area contributed by atoms with Crippen LogP contribution < -0.4 is 0 Å². The van der Waals surface area contributed by atoms with Crippen molar-refractivity contribution in [3.63, 3.8) is 0 Å². The van der Waals surface area contributed by atoms with Crippen LogP contribution in [0.25, 0.3) is 0 Å². The molecule has 0 heterocycles. The molecule has 16 heavy (non-hydrogen) atoms. The second kappa shape index (κ2) is 7.32. The van der Waals surface area contributed by atoms with E-state index < -0.39 is 0 Å². The van der Waals surface area contributed by atoms with E-state index in [2.05, 4.69) is 6.92 Å². The first kappa shape index (κ1) is 14.9. The predicted octanol–water partition coefficient (Wildman–Crippen LogP) is 4.61. The van der Waals surface area contributed by atoms with Crippen molar-refractivity contribution in [2.75, 3.05) is 0 Å². The summed E-state index contributed by atoms with van der Waals surface area (Å²) in [4.78, 5) is 0. The van der Waals surface area contributed by atoms with Crippen molar-refractivity contribution in [1.29, 1.82) is 0 Å². The third-order valence-electron chi connectivity index (χ3n) is 4.82. The number of hydrogen-bond acceptors (Lipinski definition) is 0. The third-order valence-corrected chi connectivity index (χ3v) is 4.82. The SMILES string of the molecule is [CH-]=CC1CCC(C2CCC(C)CC2)CC1.[Y]. The molecule has 2 aliphatic rings. The monoisotopic (exact) mass is 294 g/mol. The van der Waals surface area contributed by atoms with Crippen molar-refractivity contribution in [2.24, 2.45) is 23.7 Å². The Kier molecular flexibility index (Phi) is 6.81. The summed E-state index contributed by atoms with van der Waals surface area (Å²) < 4.78 is 0. The van der Waals surface area contributed by atoms with Gasteiger partial charge in [0.1, 0.15) is 0 Å². The second-order valence-corrected chi connectivity index (χ2v) is 5.89. The summed E-state index contributed by atoms with van der Waals surface area (Å²) in [6, 6.07) is 0. The van der Waals surface area contributed by atoms with Gasteiger partial charge in [0.2, 0.25) is 0 Å². The van der Waals surface area contributed by atoms with E-state index in [1.807, 2.05) is 6.08 Å². The molecule has 0 aromatic rings. The fourth-order valence-corrected chi connectivity index (χ4v) is 3.57. The molecule has 0 bridgehead atoms. The van der Waals surface area contributed by atoms with E-state index in [1.165, 1.54) is 51.4 Å². The summed E-state index contributed by atoms with van der Waals surface area (Å²) in [6.07, 6.45) is 13.5. The fraction of sp³-hybridized carbons (Fsp3) is 0.867. The van der Waals surface area contributed by atoms with E-state index >= 15 is 0 Å². The van der Waals surface area contributed by atoms with Crippen LogP contribution >= 0.6 is 0 Å². The van der Waals surface area contributed by atoms with Crippen LogP contribution in [0.2, 0.25) is 0 Å². The fourth-order valence-electron chi connectivity index (χ4n) is 3.57. The molecule has 1 heteroatoms. The molecule has 0 aromatic heterocycles. The van der Waals surface area contributed by atoms with Crippen LogP contribution in [0.3, 0.4) is 0 Å². The Labute approximate surface area is 127 Å². The number of allylic oxidation sites excluding steroid dienone is 1. The van der Waals surface area contributed by atoms with E-state index in [0.717, 1.165) is 23.7 Å².